The van der Waals surface area contributed by atoms with Crippen LogP contribution in [0, 0.1) is 0 Å². The largest absolute Gasteiger partial charge is 0.368 e. The van der Waals surface area contributed by atoms with Gasteiger partial charge in [0.05, 0.1) is 11.9 Å². The van der Waals surface area contributed by atoms with Gasteiger partial charge in [-0.05, 0) is 18.6 Å². The molecule has 110 valence electrons. The summed E-state index contributed by atoms with van der Waals surface area (Å²) >= 11 is 1.67. The zero-order chi connectivity index (χ0) is 14.7. The number of nitrogens with zero attached hydrogens (tertiary/aromatic N) is 4. The third kappa shape index (κ3) is 2.96. The Kier molecular flexibility index (Phi) is 3.98. The summed E-state index contributed by atoms with van der Waals surface area (Å²) < 4.78 is 1.87. The van der Waals surface area contributed by atoms with Crippen molar-refractivity contribution in [3.8, 4) is 0 Å². The van der Waals surface area contributed by atoms with Gasteiger partial charge >= 0.3 is 0 Å². The topological polar surface area (TPSA) is 93.7 Å². The van der Waals surface area contributed by atoms with Gasteiger partial charge in [-0.1, -0.05) is 6.92 Å². The fourth-order valence-electron chi connectivity index (χ4n) is 2.07. The molecular weight excluding hydrogens is 286 g/mol. The molecule has 8 heteroatoms. The van der Waals surface area contributed by atoms with Crippen LogP contribution in [-0.4, -0.2) is 26.3 Å². The van der Waals surface area contributed by atoms with Gasteiger partial charge in [-0.25, -0.2) is 10.8 Å². The first-order valence-electron chi connectivity index (χ1n) is 6.78. The first-order valence-corrected chi connectivity index (χ1v) is 7.60. The van der Waals surface area contributed by atoms with Crippen molar-refractivity contribution in [2.45, 2.75) is 19.9 Å². The monoisotopic (exact) mass is 303 g/mol. The molecule has 7 nitrogen and oxygen atoms in total. The number of fused-ring (bicyclic) bond motifs is 1. The fourth-order valence-corrected chi connectivity index (χ4v) is 3.03. The summed E-state index contributed by atoms with van der Waals surface area (Å²) in [6, 6.07) is 4.04. The molecule has 0 atom stereocenters. The molecule has 0 spiro atoms. The lowest BCUT2D eigenvalue weighted by Gasteiger charge is -2.08. The number of rotatable bonds is 6. The van der Waals surface area contributed by atoms with Crippen molar-refractivity contribution in [3.63, 3.8) is 0 Å². The SMILES string of the molecule is CCc1cc2c(NCCn3cccn3)nc(NN)nc2s1. The summed E-state index contributed by atoms with van der Waals surface area (Å²) in [7, 11) is 0. The molecule has 0 aliphatic carbocycles. The van der Waals surface area contributed by atoms with Gasteiger partial charge in [-0.2, -0.15) is 10.1 Å². The second-order valence-corrected chi connectivity index (χ2v) is 5.64. The Morgan fingerprint density at radius 3 is 3.00 bits per heavy atom. The van der Waals surface area contributed by atoms with Crippen molar-refractivity contribution >= 4 is 33.3 Å². The van der Waals surface area contributed by atoms with E-state index in [0.717, 1.165) is 35.5 Å². The van der Waals surface area contributed by atoms with E-state index in [2.05, 4.69) is 38.8 Å². The van der Waals surface area contributed by atoms with Crippen LogP contribution in [0.3, 0.4) is 0 Å². The van der Waals surface area contributed by atoms with E-state index in [1.54, 1.807) is 17.5 Å². The van der Waals surface area contributed by atoms with Gasteiger partial charge in [0.1, 0.15) is 10.6 Å². The highest BCUT2D eigenvalue weighted by molar-refractivity contribution is 7.18. The Balaban J connectivity index is 1.83. The van der Waals surface area contributed by atoms with Crippen molar-refractivity contribution in [3.05, 3.63) is 29.4 Å². The Hall–Kier alpha value is -2.19. The average molecular weight is 303 g/mol. The molecule has 0 aromatic carbocycles. The number of aryl methyl sites for hydroxylation is 1. The number of thiophene rings is 1. The molecule has 0 aliphatic heterocycles. The molecule has 0 saturated heterocycles. The zero-order valence-corrected chi connectivity index (χ0v) is 12.5. The molecular formula is C13H17N7S. The van der Waals surface area contributed by atoms with E-state index in [-0.39, 0.29) is 0 Å². The smallest absolute Gasteiger partial charge is 0.240 e. The number of hydrogen-bond donors (Lipinski definition) is 3. The van der Waals surface area contributed by atoms with Crippen LogP contribution >= 0.6 is 11.3 Å². The van der Waals surface area contributed by atoms with Gasteiger partial charge in [-0.3, -0.25) is 10.1 Å². The first-order chi connectivity index (χ1) is 10.3. The van der Waals surface area contributed by atoms with E-state index < -0.39 is 0 Å². The summed E-state index contributed by atoms with van der Waals surface area (Å²) in [6.45, 7) is 3.63. The number of hydrazine groups is 1. The summed E-state index contributed by atoms with van der Waals surface area (Å²) in [5.41, 5.74) is 2.52. The lowest BCUT2D eigenvalue weighted by molar-refractivity contribution is 0.637. The lowest BCUT2D eigenvalue weighted by atomic mass is 10.3. The van der Waals surface area contributed by atoms with Gasteiger partial charge in [0.15, 0.2) is 0 Å². The minimum Gasteiger partial charge on any atom is -0.368 e. The Labute approximate surface area is 126 Å². The molecule has 21 heavy (non-hydrogen) atoms. The van der Waals surface area contributed by atoms with E-state index in [0.29, 0.717) is 5.95 Å². The van der Waals surface area contributed by atoms with Crippen molar-refractivity contribution in [2.75, 3.05) is 17.3 Å². The molecule has 0 aliphatic rings. The molecule has 3 aromatic heterocycles. The van der Waals surface area contributed by atoms with Crippen molar-refractivity contribution in [2.24, 2.45) is 5.84 Å². The number of nitrogens with one attached hydrogen (secondary N) is 2. The molecule has 0 amide bonds. The summed E-state index contributed by atoms with van der Waals surface area (Å²) in [5, 5.41) is 8.55. The molecule has 3 aromatic rings. The number of anilines is 2. The predicted molar refractivity (Wildman–Crippen MR) is 85.3 cm³/mol. The van der Waals surface area contributed by atoms with Crippen molar-refractivity contribution < 1.29 is 0 Å². The van der Waals surface area contributed by atoms with Crippen molar-refractivity contribution in [1.82, 2.24) is 19.7 Å². The predicted octanol–water partition coefficient (Wildman–Crippen LogP) is 1.85. The van der Waals surface area contributed by atoms with E-state index in [4.69, 9.17) is 5.84 Å². The molecule has 4 N–H and O–H groups in total. The first kappa shape index (κ1) is 13.8. The van der Waals surface area contributed by atoms with Gasteiger partial charge in [0.2, 0.25) is 5.95 Å². The fraction of sp³-hybridized carbons (Fsp3) is 0.308. The minimum absolute atomic E-state index is 0.425. The van der Waals surface area contributed by atoms with Crippen molar-refractivity contribution in [1.29, 1.82) is 0 Å². The van der Waals surface area contributed by atoms with E-state index in [1.165, 1.54) is 4.88 Å². The van der Waals surface area contributed by atoms with Crippen LogP contribution in [0.2, 0.25) is 0 Å². The quantitative estimate of drug-likeness (QED) is 0.475. The number of hydrogen-bond acceptors (Lipinski definition) is 7. The molecule has 0 fully saturated rings. The van der Waals surface area contributed by atoms with Crippen LogP contribution in [0.25, 0.3) is 10.2 Å². The highest BCUT2D eigenvalue weighted by Crippen LogP contribution is 2.30. The number of nitrogens with two attached hydrogens (primary N) is 1. The third-order valence-corrected chi connectivity index (χ3v) is 4.29. The van der Waals surface area contributed by atoms with Crippen LogP contribution in [0.1, 0.15) is 11.8 Å². The molecule has 0 unspecified atom stereocenters. The van der Waals surface area contributed by atoms with Crippen LogP contribution < -0.4 is 16.6 Å². The minimum atomic E-state index is 0.425. The maximum absolute atomic E-state index is 5.44. The molecule has 0 saturated carbocycles. The Bertz CT molecular complexity index is 720. The average Bonchev–Trinajstić information content (AvgIpc) is 3.15. The maximum Gasteiger partial charge on any atom is 0.240 e. The lowest BCUT2D eigenvalue weighted by Crippen LogP contribution is -2.14. The van der Waals surface area contributed by atoms with Crippen LogP contribution in [0.5, 0.6) is 0 Å². The molecule has 0 bridgehead atoms. The van der Waals surface area contributed by atoms with E-state index >= 15 is 0 Å². The van der Waals surface area contributed by atoms with Crippen LogP contribution in [-0.2, 0) is 13.0 Å². The van der Waals surface area contributed by atoms with Gasteiger partial charge in [0.25, 0.3) is 0 Å². The van der Waals surface area contributed by atoms with E-state index in [1.807, 2.05) is 16.9 Å². The van der Waals surface area contributed by atoms with E-state index in [9.17, 15) is 0 Å². The van der Waals surface area contributed by atoms with Gasteiger partial charge in [-0.15, -0.1) is 11.3 Å². The zero-order valence-electron chi connectivity index (χ0n) is 11.7. The summed E-state index contributed by atoms with van der Waals surface area (Å²) in [4.78, 5) is 11.0. The van der Waals surface area contributed by atoms with Gasteiger partial charge in [0, 0.05) is 23.8 Å². The van der Waals surface area contributed by atoms with Gasteiger partial charge < -0.3 is 5.32 Å². The standard InChI is InChI=1S/C13H17N7S/c1-2-9-8-10-11(15-5-7-20-6-3-4-16-20)17-13(19-14)18-12(10)21-9/h3-4,6,8H,2,5,7,14H2,1H3,(H2,15,17,18,19). The van der Waals surface area contributed by atoms with Crippen LogP contribution in [0.15, 0.2) is 24.5 Å². The number of aromatic nitrogens is 4. The molecule has 0 radical (unpaired) electrons. The number of nitrogen functional groups attached to an aromatic ring is 1. The second-order valence-electron chi connectivity index (χ2n) is 4.52. The molecule has 3 heterocycles. The Morgan fingerprint density at radius 2 is 2.29 bits per heavy atom. The van der Waals surface area contributed by atoms with Crippen LogP contribution in [0.4, 0.5) is 11.8 Å². The normalized spacial score (nSPS) is 11.0. The third-order valence-electron chi connectivity index (χ3n) is 3.11. The Morgan fingerprint density at radius 1 is 1.38 bits per heavy atom. The highest BCUT2D eigenvalue weighted by Gasteiger charge is 2.10. The summed E-state index contributed by atoms with van der Waals surface area (Å²) in [5.74, 6) is 6.67. The maximum atomic E-state index is 5.44. The summed E-state index contributed by atoms with van der Waals surface area (Å²) in [6.07, 6.45) is 4.69. The molecule has 3 rings (SSSR count). The highest BCUT2D eigenvalue weighted by atomic mass is 32.1. The second kappa shape index (κ2) is 6.06.